The first-order chi connectivity index (χ1) is 8.76. The Morgan fingerprint density at radius 2 is 2.44 bits per heavy atom. The van der Waals surface area contributed by atoms with E-state index in [1.807, 2.05) is 22.3 Å². The minimum Gasteiger partial charge on any atom is -0.280 e. The van der Waals surface area contributed by atoms with Crippen LogP contribution < -0.4 is 0 Å². The van der Waals surface area contributed by atoms with E-state index >= 15 is 0 Å². The first kappa shape index (κ1) is 12.8. The van der Waals surface area contributed by atoms with E-state index in [9.17, 15) is 0 Å². The lowest BCUT2D eigenvalue weighted by Crippen LogP contribution is -2.32. The highest BCUT2D eigenvalue weighted by molar-refractivity contribution is 8.00. The van der Waals surface area contributed by atoms with Crippen LogP contribution in [0.15, 0.2) is 15.8 Å². The lowest BCUT2D eigenvalue weighted by atomic mass is 10.1. The van der Waals surface area contributed by atoms with Crippen molar-refractivity contribution in [3.05, 3.63) is 25.8 Å². The van der Waals surface area contributed by atoms with Gasteiger partial charge in [0.15, 0.2) is 8.29 Å². The van der Waals surface area contributed by atoms with Crippen LogP contribution in [0.4, 0.5) is 0 Å². The van der Waals surface area contributed by atoms with E-state index in [1.54, 1.807) is 23.1 Å². The second-order valence-electron chi connectivity index (χ2n) is 4.15. The van der Waals surface area contributed by atoms with Gasteiger partial charge in [0, 0.05) is 18.0 Å². The van der Waals surface area contributed by atoms with E-state index in [1.165, 1.54) is 10.4 Å². The van der Waals surface area contributed by atoms with Crippen LogP contribution >= 0.6 is 46.7 Å². The molecule has 18 heavy (non-hydrogen) atoms. The van der Waals surface area contributed by atoms with Crippen molar-refractivity contribution in [3.63, 3.8) is 0 Å². The normalized spacial score (nSPS) is 15.8. The van der Waals surface area contributed by atoms with Gasteiger partial charge in [0.25, 0.3) is 0 Å². The van der Waals surface area contributed by atoms with Crippen molar-refractivity contribution in [1.29, 1.82) is 0 Å². The smallest absolute Gasteiger partial charge is 0.181 e. The van der Waals surface area contributed by atoms with E-state index in [-0.39, 0.29) is 0 Å². The summed E-state index contributed by atoms with van der Waals surface area (Å²) < 4.78 is 3.87. The Hall–Kier alpha value is -0.210. The summed E-state index contributed by atoms with van der Waals surface area (Å²) in [5, 5.41) is 6.71. The molecule has 2 aromatic heterocycles. The fourth-order valence-electron chi connectivity index (χ4n) is 2.08. The topological polar surface area (TPSA) is 21.1 Å². The molecule has 0 unspecified atom stereocenters. The second-order valence-corrected chi connectivity index (χ2v) is 7.83. The largest absolute Gasteiger partial charge is 0.280 e. The first-order valence-corrected chi connectivity index (χ1v) is 8.98. The highest BCUT2D eigenvalue weighted by Gasteiger charge is 2.18. The molecule has 0 aromatic carbocycles. The number of hydrogen-bond donors (Lipinski definition) is 0. The fourth-order valence-corrected chi connectivity index (χ4v) is 4.70. The molecule has 3 nitrogen and oxygen atoms in total. The molecule has 1 aliphatic rings. The van der Waals surface area contributed by atoms with E-state index in [0.29, 0.717) is 0 Å². The summed E-state index contributed by atoms with van der Waals surface area (Å²) in [6, 6.07) is 2.24. The van der Waals surface area contributed by atoms with Crippen LogP contribution in [-0.2, 0) is 19.6 Å². The molecule has 0 saturated carbocycles. The standard InChI is InChI=1S/C11H13N3S4/c1-16-10-12-14(11(15)18-10)7-13-4-2-9-8(6-13)3-5-17-9/h3,5H,2,4,6-7H2,1H3. The maximum absolute atomic E-state index is 5.35. The fraction of sp³-hybridized carbons (Fsp3) is 0.455. The predicted molar refractivity (Wildman–Crippen MR) is 81.2 cm³/mol. The Kier molecular flexibility index (Phi) is 3.86. The van der Waals surface area contributed by atoms with Crippen molar-refractivity contribution in [1.82, 2.24) is 14.7 Å². The Morgan fingerprint density at radius 1 is 1.56 bits per heavy atom. The minimum atomic E-state index is 0.811. The van der Waals surface area contributed by atoms with E-state index in [4.69, 9.17) is 12.2 Å². The Balaban J connectivity index is 1.74. The molecule has 0 fully saturated rings. The van der Waals surface area contributed by atoms with Gasteiger partial charge in [0.1, 0.15) is 0 Å². The lowest BCUT2D eigenvalue weighted by molar-refractivity contribution is 0.189. The summed E-state index contributed by atoms with van der Waals surface area (Å²) in [6.45, 7) is 2.93. The van der Waals surface area contributed by atoms with Crippen molar-refractivity contribution in [2.24, 2.45) is 0 Å². The van der Waals surface area contributed by atoms with Gasteiger partial charge in [-0.15, -0.1) is 11.3 Å². The van der Waals surface area contributed by atoms with Crippen molar-refractivity contribution >= 4 is 46.7 Å². The minimum absolute atomic E-state index is 0.811. The van der Waals surface area contributed by atoms with Crippen molar-refractivity contribution in [2.75, 3.05) is 12.8 Å². The number of aromatic nitrogens is 2. The van der Waals surface area contributed by atoms with Gasteiger partial charge in [-0.2, -0.15) is 5.10 Å². The molecule has 0 saturated heterocycles. The monoisotopic (exact) mass is 315 g/mol. The summed E-state index contributed by atoms with van der Waals surface area (Å²) >= 11 is 10.5. The Morgan fingerprint density at radius 3 is 3.22 bits per heavy atom. The molecular formula is C11H13N3S4. The van der Waals surface area contributed by atoms with Crippen LogP contribution in [0.3, 0.4) is 0 Å². The molecule has 1 aliphatic heterocycles. The molecule has 7 heteroatoms. The number of thiophene rings is 1. The number of rotatable bonds is 3. The van der Waals surface area contributed by atoms with E-state index in [0.717, 1.165) is 34.5 Å². The SMILES string of the molecule is CSc1nn(CN2CCc3sccc3C2)c(=S)s1. The van der Waals surface area contributed by atoms with Crippen LogP contribution in [0.25, 0.3) is 0 Å². The second kappa shape index (κ2) is 5.42. The number of nitrogens with zero attached hydrogens (tertiary/aromatic N) is 3. The number of thioether (sulfide) groups is 1. The summed E-state index contributed by atoms with van der Waals surface area (Å²) in [6.07, 6.45) is 3.19. The van der Waals surface area contributed by atoms with Gasteiger partial charge < -0.3 is 0 Å². The highest BCUT2D eigenvalue weighted by atomic mass is 32.2. The van der Waals surface area contributed by atoms with Gasteiger partial charge in [-0.05, 0) is 41.9 Å². The molecule has 96 valence electrons. The Bertz CT molecular complexity index is 597. The Labute approximate surface area is 123 Å². The molecule has 0 amide bonds. The molecule has 3 rings (SSSR count). The summed E-state index contributed by atoms with van der Waals surface area (Å²) in [4.78, 5) is 3.95. The third-order valence-electron chi connectivity index (χ3n) is 2.98. The van der Waals surface area contributed by atoms with Gasteiger partial charge in [0.05, 0.1) is 6.67 Å². The van der Waals surface area contributed by atoms with Gasteiger partial charge in [-0.3, -0.25) is 4.90 Å². The van der Waals surface area contributed by atoms with Crippen LogP contribution in [0, 0.1) is 3.95 Å². The molecule has 0 radical (unpaired) electrons. The maximum Gasteiger partial charge on any atom is 0.181 e. The van der Waals surface area contributed by atoms with Crippen LogP contribution in [0.5, 0.6) is 0 Å². The zero-order valence-electron chi connectivity index (χ0n) is 9.96. The predicted octanol–water partition coefficient (Wildman–Crippen LogP) is 3.47. The van der Waals surface area contributed by atoms with Gasteiger partial charge in [-0.1, -0.05) is 23.1 Å². The van der Waals surface area contributed by atoms with Crippen LogP contribution in [0.1, 0.15) is 10.4 Å². The van der Waals surface area contributed by atoms with E-state index < -0.39 is 0 Å². The van der Waals surface area contributed by atoms with Crippen molar-refractivity contribution in [2.45, 2.75) is 24.0 Å². The highest BCUT2D eigenvalue weighted by Crippen LogP contribution is 2.25. The van der Waals surface area contributed by atoms with Gasteiger partial charge in [-0.25, -0.2) is 4.68 Å². The van der Waals surface area contributed by atoms with Crippen molar-refractivity contribution in [3.8, 4) is 0 Å². The lowest BCUT2D eigenvalue weighted by Gasteiger charge is -2.26. The first-order valence-electron chi connectivity index (χ1n) is 5.66. The maximum atomic E-state index is 5.35. The molecule has 0 atom stereocenters. The molecule has 0 aliphatic carbocycles. The van der Waals surface area contributed by atoms with E-state index in [2.05, 4.69) is 21.4 Å². The summed E-state index contributed by atoms with van der Waals surface area (Å²) in [7, 11) is 0. The molecule has 0 spiro atoms. The van der Waals surface area contributed by atoms with Gasteiger partial charge >= 0.3 is 0 Å². The van der Waals surface area contributed by atoms with Crippen LogP contribution in [0.2, 0.25) is 0 Å². The summed E-state index contributed by atoms with van der Waals surface area (Å²) in [5.41, 5.74) is 1.47. The molecule has 2 aromatic rings. The number of fused-ring (bicyclic) bond motifs is 1. The molecule has 0 N–H and O–H groups in total. The molecular weight excluding hydrogens is 302 g/mol. The average molecular weight is 316 g/mol. The quantitative estimate of drug-likeness (QED) is 0.638. The zero-order chi connectivity index (χ0) is 12.5. The molecule has 3 heterocycles. The van der Waals surface area contributed by atoms with Crippen LogP contribution in [-0.4, -0.2) is 27.5 Å². The van der Waals surface area contributed by atoms with Gasteiger partial charge in [0.2, 0.25) is 0 Å². The third kappa shape index (κ3) is 2.55. The molecule has 0 bridgehead atoms. The average Bonchev–Trinajstić information content (AvgIpc) is 2.96. The third-order valence-corrected chi connectivity index (χ3v) is 6.29. The zero-order valence-corrected chi connectivity index (χ0v) is 13.2. The summed E-state index contributed by atoms with van der Waals surface area (Å²) in [5.74, 6) is 0. The van der Waals surface area contributed by atoms with Crippen molar-refractivity contribution < 1.29 is 0 Å². The number of hydrogen-bond acceptors (Lipinski definition) is 6.